The van der Waals surface area contributed by atoms with E-state index in [2.05, 4.69) is 15.5 Å². The van der Waals surface area contributed by atoms with Crippen LogP contribution in [0.5, 0.6) is 0 Å². The van der Waals surface area contributed by atoms with Gasteiger partial charge in [-0.1, -0.05) is 6.92 Å². The number of aromatic amines is 1. The Bertz CT molecular complexity index is 451. The molecule has 0 bridgehead atoms. The van der Waals surface area contributed by atoms with Crippen molar-refractivity contribution in [3.05, 3.63) is 12.4 Å². The van der Waals surface area contributed by atoms with Crippen molar-refractivity contribution < 1.29 is 8.42 Å². The van der Waals surface area contributed by atoms with Crippen molar-refractivity contribution >= 4 is 10.0 Å². The predicted octanol–water partition coefficient (Wildman–Crippen LogP) is 0.562. The molecule has 102 valence electrons. The quantitative estimate of drug-likeness (QED) is 0.821. The van der Waals surface area contributed by atoms with Gasteiger partial charge >= 0.3 is 0 Å². The summed E-state index contributed by atoms with van der Waals surface area (Å²) in [5.41, 5.74) is 0. The van der Waals surface area contributed by atoms with Gasteiger partial charge < -0.3 is 5.32 Å². The van der Waals surface area contributed by atoms with Crippen LogP contribution in [0.2, 0.25) is 0 Å². The lowest BCUT2D eigenvalue weighted by Gasteiger charge is -2.33. The normalized spacial score (nSPS) is 21.3. The van der Waals surface area contributed by atoms with E-state index < -0.39 is 10.0 Å². The van der Waals surface area contributed by atoms with Gasteiger partial charge in [-0.3, -0.25) is 5.10 Å². The van der Waals surface area contributed by atoms with Gasteiger partial charge in [0.2, 0.25) is 10.0 Å². The summed E-state index contributed by atoms with van der Waals surface area (Å²) in [4.78, 5) is 0.251. The van der Waals surface area contributed by atoms with Crippen LogP contribution >= 0.6 is 0 Å². The van der Waals surface area contributed by atoms with Gasteiger partial charge in [0.15, 0.2) is 0 Å². The highest BCUT2D eigenvalue weighted by atomic mass is 32.2. The highest BCUT2D eigenvalue weighted by Crippen LogP contribution is 2.20. The molecule has 1 atom stereocenters. The van der Waals surface area contributed by atoms with Gasteiger partial charge in [-0.15, -0.1) is 0 Å². The lowest BCUT2D eigenvalue weighted by Crippen LogP contribution is -2.48. The second-order valence-electron chi connectivity index (χ2n) is 4.55. The van der Waals surface area contributed by atoms with E-state index in [4.69, 9.17) is 0 Å². The first-order valence-electron chi connectivity index (χ1n) is 6.37. The number of aromatic nitrogens is 2. The Hall–Kier alpha value is -0.920. The van der Waals surface area contributed by atoms with Crippen LogP contribution in [0.25, 0.3) is 0 Å². The van der Waals surface area contributed by atoms with E-state index in [1.807, 2.05) is 6.92 Å². The van der Waals surface area contributed by atoms with Gasteiger partial charge in [-0.2, -0.15) is 9.40 Å². The molecule has 6 nitrogen and oxygen atoms in total. The Morgan fingerprint density at radius 2 is 2.39 bits per heavy atom. The molecule has 0 aromatic carbocycles. The molecule has 2 rings (SSSR count). The van der Waals surface area contributed by atoms with Gasteiger partial charge in [-0.05, 0) is 25.8 Å². The molecule has 0 radical (unpaired) electrons. The van der Waals surface area contributed by atoms with Gasteiger partial charge in [0.25, 0.3) is 0 Å². The molecule has 1 saturated heterocycles. The zero-order chi connectivity index (χ0) is 13.0. The Kier molecular flexibility index (Phi) is 4.36. The molecule has 2 N–H and O–H groups in total. The maximum Gasteiger partial charge on any atom is 0.246 e. The summed E-state index contributed by atoms with van der Waals surface area (Å²) in [6, 6.07) is 0.0543. The molecule has 1 fully saturated rings. The fraction of sp³-hybridized carbons (Fsp3) is 0.727. The molecule has 1 aromatic heterocycles. The van der Waals surface area contributed by atoms with Crippen molar-refractivity contribution in [3.63, 3.8) is 0 Å². The lowest BCUT2D eigenvalue weighted by molar-refractivity contribution is 0.266. The third kappa shape index (κ3) is 2.73. The molecule has 0 amide bonds. The number of hydrogen-bond acceptors (Lipinski definition) is 4. The summed E-state index contributed by atoms with van der Waals surface area (Å²) in [6.07, 6.45) is 5.56. The Balaban J connectivity index is 2.23. The molecule has 1 aliphatic rings. The molecule has 7 heteroatoms. The molecule has 0 aliphatic carbocycles. The second-order valence-corrected chi connectivity index (χ2v) is 6.44. The minimum Gasteiger partial charge on any atom is -0.315 e. The molecule has 2 heterocycles. The van der Waals surface area contributed by atoms with Crippen molar-refractivity contribution in [3.8, 4) is 0 Å². The van der Waals surface area contributed by atoms with Gasteiger partial charge in [0, 0.05) is 25.3 Å². The van der Waals surface area contributed by atoms with Crippen LogP contribution in [0.15, 0.2) is 17.3 Å². The number of piperidine rings is 1. The minimum absolute atomic E-state index is 0.0543. The topological polar surface area (TPSA) is 78.1 Å². The summed E-state index contributed by atoms with van der Waals surface area (Å²) >= 11 is 0. The zero-order valence-electron chi connectivity index (χ0n) is 10.6. The Morgan fingerprint density at radius 1 is 1.56 bits per heavy atom. The number of nitrogens with zero attached hydrogens (tertiary/aromatic N) is 2. The highest BCUT2D eigenvalue weighted by molar-refractivity contribution is 7.89. The van der Waals surface area contributed by atoms with E-state index in [0.717, 1.165) is 32.4 Å². The summed E-state index contributed by atoms with van der Waals surface area (Å²) in [6.45, 7) is 4.26. The Labute approximate surface area is 108 Å². The van der Waals surface area contributed by atoms with E-state index in [1.165, 1.54) is 12.4 Å². The fourth-order valence-electron chi connectivity index (χ4n) is 2.31. The van der Waals surface area contributed by atoms with Crippen molar-refractivity contribution in [2.24, 2.45) is 0 Å². The largest absolute Gasteiger partial charge is 0.315 e. The molecule has 1 unspecified atom stereocenters. The maximum absolute atomic E-state index is 12.5. The van der Waals surface area contributed by atoms with Crippen LogP contribution in [-0.4, -0.2) is 48.6 Å². The van der Waals surface area contributed by atoms with Gasteiger partial charge in [0.1, 0.15) is 4.90 Å². The minimum atomic E-state index is -3.42. The number of hydrogen-bond donors (Lipinski definition) is 2. The summed E-state index contributed by atoms with van der Waals surface area (Å²) in [5.74, 6) is 0. The van der Waals surface area contributed by atoms with Crippen LogP contribution < -0.4 is 5.32 Å². The average molecular weight is 272 g/mol. The van der Waals surface area contributed by atoms with Crippen LogP contribution in [-0.2, 0) is 10.0 Å². The average Bonchev–Trinajstić information content (AvgIpc) is 2.91. The maximum atomic E-state index is 12.5. The molecule has 18 heavy (non-hydrogen) atoms. The molecule has 1 aliphatic heterocycles. The van der Waals surface area contributed by atoms with Crippen molar-refractivity contribution in [1.29, 1.82) is 0 Å². The van der Waals surface area contributed by atoms with Crippen LogP contribution in [0, 0.1) is 0 Å². The van der Waals surface area contributed by atoms with Gasteiger partial charge in [-0.25, -0.2) is 8.42 Å². The summed E-state index contributed by atoms with van der Waals surface area (Å²) < 4.78 is 26.7. The summed E-state index contributed by atoms with van der Waals surface area (Å²) in [5, 5.41) is 9.56. The van der Waals surface area contributed by atoms with E-state index in [-0.39, 0.29) is 10.9 Å². The third-order valence-electron chi connectivity index (χ3n) is 3.20. The predicted molar refractivity (Wildman–Crippen MR) is 68.7 cm³/mol. The number of H-pyrrole nitrogens is 1. The molecule has 0 spiro atoms. The first kappa shape index (κ1) is 13.5. The van der Waals surface area contributed by atoms with Crippen molar-refractivity contribution in [1.82, 2.24) is 19.8 Å². The number of rotatable bonds is 5. The fourth-order valence-corrected chi connectivity index (χ4v) is 3.97. The summed E-state index contributed by atoms with van der Waals surface area (Å²) in [7, 11) is -3.42. The zero-order valence-corrected chi connectivity index (χ0v) is 11.4. The molecular formula is C11H20N4O2S. The Morgan fingerprint density at radius 3 is 2.94 bits per heavy atom. The van der Waals surface area contributed by atoms with E-state index in [1.54, 1.807) is 4.31 Å². The highest BCUT2D eigenvalue weighted by Gasteiger charge is 2.32. The lowest BCUT2D eigenvalue weighted by atomic mass is 10.1. The SMILES string of the molecule is CCCN(C1CCCNC1)S(=O)(=O)c1cn[nH]c1. The van der Waals surface area contributed by atoms with Gasteiger partial charge in [0.05, 0.1) is 6.20 Å². The van der Waals surface area contributed by atoms with E-state index in [0.29, 0.717) is 6.54 Å². The van der Waals surface area contributed by atoms with E-state index in [9.17, 15) is 8.42 Å². The first-order valence-corrected chi connectivity index (χ1v) is 7.81. The van der Waals surface area contributed by atoms with E-state index >= 15 is 0 Å². The van der Waals surface area contributed by atoms with Crippen molar-refractivity contribution in [2.75, 3.05) is 19.6 Å². The molecule has 1 aromatic rings. The smallest absolute Gasteiger partial charge is 0.246 e. The van der Waals surface area contributed by atoms with Crippen LogP contribution in [0.3, 0.4) is 0 Å². The monoisotopic (exact) mass is 272 g/mol. The first-order chi connectivity index (χ1) is 8.66. The second kappa shape index (κ2) is 5.81. The standard InChI is InChI=1S/C11H20N4O2S/c1-2-6-15(10-4-3-5-12-7-10)18(16,17)11-8-13-14-9-11/h8-10,12H,2-7H2,1H3,(H,13,14). The third-order valence-corrected chi connectivity index (χ3v) is 5.12. The molecular weight excluding hydrogens is 252 g/mol. The van der Waals surface area contributed by atoms with Crippen LogP contribution in [0.1, 0.15) is 26.2 Å². The van der Waals surface area contributed by atoms with Crippen LogP contribution in [0.4, 0.5) is 0 Å². The number of nitrogens with one attached hydrogen (secondary N) is 2. The molecule has 0 saturated carbocycles. The van der Waals surface area contributed by atoms with Crippen molar-refractivity contribution in [2.45, 2.75) is 37.1 Å². The number of sulfonamides is 1.